The van der Waals surface area contributed by atoms with Crippen LogP contribution in [-0.2, 0) is 20.9 Å². The standard InChI is InChI=1S/C19H17N3O5/c1-27-19(26)13-4-7-15(20-10-13)18(25)21-14-5-2-12(3-6-14)11-22-16(23)8-9-17(22)24/h2-7,10H,8-9,11H2,1H3,(H,21,25). The van der Waals surface area contributed by atoms with Crippen LogP contribution in [0.25, 0.3) is 0 Å². The minimum Gasteiger partial charge on any atom is -0.465 e. The van der Waals surface area contributed by atoms with Gasteiger partial charge in [-0.25, -0.2) is 4.79 Å². The molecule has 0 bridgehead atoms. The molecule has 0 radical (unpaired) electrons. The molecule has 1 aliphatic heterocycles. The van der Waals surface area contributed by atoms with Gasteiger partial charge in [0.15, 0.2) is 0 Å². The summed E-state index contributed by atoms with van der Waals surface area (Å²) in [6.07, 6.45) is 1.79. The summed E-state index contributed by atoms with van der Waals surface area (Å²) in [5, 5.41) is 2.69. The zero-order valence-electron chi connectivity index (χ0n) is 14.6. The number of rotatable bonds is 5. The lowest BCUT2D eigenvalue weighted by atomic mass is 10.2. The smallest absolute Gasteiger partial charge is 0.339 e. The van der Waals surface area contributed by atoms with Gasteiger partial charge >= 0.3 is 5.97 Å². The number of anilines is 1. The first-order valence-corrected chi connectivity index (χ1v) is 8.26. The average Bonchev–Trinajstić information content (AvgIpc) is 3.01. The maximum atomic E-state index is 12.2. The van der Waals surface area contributed by atoms with Gasteiger partial charge in [0.1, 0.15) is 5.69 Å². The Bertz CT molecular complexity index is 875. The number of hydrogen-bond donors (Lipinski definition) is 1. The Hall–Kier alpha value is -3.55. The maximum Gasteiger partial charge on any atom is 0.339 e. The van der Waals surface area contributed by atoms with E-state index in [1.165, 1.54) is 30.3 Å². The molecule has 0 unspecified atom stereocenters. The lowest BCUT2D eigenvalue weighted by molar-refractivity contribution is -0.139. The van der Waals surface area contributed by atoms with Gasteiger partial charge in [-0.15, -0.1) is 0 Å². The summed E-state index contributed by atoms with van der Waals surface area (Å²) in [5.41, 5.74) is 1.74. The summed E-state index contributed by atoms with van der Waals surface area (Å²) in [4.78, 5) is 52.1. The molecular weight excluding hydrogens is 350 g/mol. The molecule has 0 spiro atoms. The summed E-state index contributed by atoms with van der Waals surface area (Å²) < 4.78 is 4.58. The number of ether oxygens (including phenoxy) is 1. The molecule has 3 amide bonds. The third-order valence-electron chi connectivity index (χ3n) is 4.12. The molecule has 1 aromatic heterocycles. The minimum absolute atomic E-state index is 0.153. The maximum absolute atomic E-state index is 12.2. The van der Waals surface area contributed by atoms with Crippen molar-refractivity contribution in [2.75, 3.05) is 12.4 Å². The van der Waals surface area contributed by atoms with Crippen LogP contribution in [0.4, 0.5) is 5.69 Å². The highest BCUT2D eigenvalue weighted by atomic mass is 16.5. The number of carbonyl (C=O) groups is 4. The Morgan fingerprint density at radius 1 is 1.07 bits per heavy atom. The first kappa shape index (κ1) is 18.2. The summed E-state index contributed by atoms with van der Waals surface area (Å²) in [7, 11) is 1.27. The van der Waals surface area contributed by atoms with E-state index in [1.54, 1.807) is 24.3 Å². The molecule has 138 valence electrons. The van der Waals surface area contributed by atoms with Gasteiger partial charge in [0.25, 0.3) is 5.91 Å². The molecular formula is C19H17N3O5. The van der Waals surface area contributed by atoms with E-state index in [1.807, 2.05) is 0 Å². The zero-order valence-corrected chi connectivity index (χ0v) is 14.6. The fourth-order valence-corrected chi connectivity index (χ4v) is 2.64. The van der Waals surface area contributed by atoms with Gasteiger partial charge in [0, 0.05) is 24.7 Å². The van der Waals surface area contributed by atoms with Crippen molar-refractivity contribution in [1.29, 1.82) is 0 Å². The van der Waals surface area contributed by atoms with E-state index in [-0.39, 0.29) is 42.5 Å². The number of likely N-dealkylation sites (tertiary alicyclic amines) is 1. The summed E-state index contributed by atoms with van der Waals surface area (Å²) in [5.74, 6) is -1.29. The number of nitrogens with zero attached hydrogens (tertiary/aromatic N) is 2. The second-order valence-corrected chi connectivity index (χ2v) is 5.95. The van der Waals surface area contributed by atoms with Crippen molar-refractivity contribution in [2.24, 2.45) is 0 Å². The lowest BCUT2D eigenvalue weighted by Gasteiger charge is -2.14. The SMILES string of the molecule is COC(=O)c1ccc(C(=O)Nc2ccc(CN3C(=O)CCC3=O)cc2)nc1. The molecule has 0 aliphatic carbocycles. The Balaban J connectivity index is 1.62. The van der Waals surface area contributed by atoms with E-state index in [0.717, 1.165) is 5.56 Å². The Morgan fingerprint density at radius 3 is 2.30 bits per heavy atom. The van der Waals surface area contributed by atoms with E-state index in [0.29, 0.717) is 5.69 Å². The highest BCUT2D eigenvalue weighted by Crippen LogP contribution is 2.17. The Kier molecular flexibility index (Phi) is 5.25. The van der Waals surface area contributed by atoms with Gasteiger partial charge in [-0.2, -0.15) is 0 Å². The lowest BCUT2D eigenvalue weighted by Crippen LogP contribution is -2.28. The fraction of sp³-hybridized carbons (Fsp3) is 0.211. The van der Waals surface area contributed by atoms with Crippen LogP contribution in [0.3, 0.4) is 0 Å². The summed E-state index contributed by atoms with van der Waals surface area (Å²) in [6, 6.07) is 9.73. The van der Waals surface area contributed by atoms with Crippen LogP contribution < -0.4 is 5.32 Å². The number of esters is 1. The van der Waals surface area contributed by atoms with Crippen LogP contribution in [0, 0.1) is 0 Å². The highest BCUT2D eigenvalue weighted by molar-refractivity contribution is 6.03. The van der Waals surface area contributed by atoms with Crippen molar-refractivity contribution in [3.8, 4) is 0 Å². The van der Waals surface area contributed by atoms with Crippen molar-refractivity contribution in [1.82, 2.24) is 9.88 Å². The number of methoxy groups -OCH3 is 1. The monoisotopic (exact) mass is 367 g/mol. The number of amides is 3. The minimum atomic E-state index is -0.528. The van der Waals surface area contributed by atoms with Crippen molar-refractivity contribution in [3.63, 3.8) is 0 Å². The number of aromatic nitrogens is 1. The Labute approximate surface area is 155 Å². The number of benzene rings is 1. The van der Waals surface area contributed by atoms with Crippen LogP contribution in [0.5, 0.6) is 0 Å². The van der Waals surface area contributed by atoms with E-state index >= 15 is 0 Å². The molecule has 8 heteroatoms. The van der Waals surface area contributed by atoms with Crippen molar-refractivity contribution >= 4 is 29.4 Å². The normalized spacial score (nSPS) is 13.6. The van der Waals surface area contributed by atoms with Crippen LogP contribution >= 0.6 is 0 Å². The average molecular weight is 367 g/mol. The van der Waals surface area contributed by atoms with Gasteiger partial charge < -0.3 is 10.1 Å². The van der Waals surface area contributed by atoms with E-state index in [2.05, 4.69) is 15.0 Å². The van der Waals surface area contributed by atoms with E-state index in [9.17, 15) is 19.2 Å². The van der Waals surface area contributed by atoms with Crippen LogP contribution in [0.1, 0.15) is 39.3 Å². The summed E-state index contributed by atoms with van der Waals surface area (Å²) in [6.45, 7) is 0.225. The molecule has 0 atom stereocenters. The first-order chi connectivity index (χ1) is 13.0. The van der Waals surface area contributed by atoms with Gasteiger partial charge in [-0.3, -0.25) is 24.3 Å². The number of carbonyl (C=O) groups excluding carboxylic acids is 4. The molecule has 1 aliphatic rings. The first-order valence-electron chi connectivity index (χ1n) is 8.26. The predicted octanol–water partition coefficient (Wildman–Crippen LogP) is 1.77. The second-order valence-electron chi connectivity index (χ2n) is 5.95. The predicted molar refractivity (Wildman–Crippen MR) is 94.8 cm³/mol. The van der Waals surface area contributed by atoms with Crippen molar-refractivity contribution in [2.45, 2.75) is 19.4 Å². The molecule has 0 saturated carbocycles. The topological polar surface area (TPSA) is 106 Å². The number of pyridine rings is 1. The molecule has 27 heavy (non-hydrogen) atoms. The largest absolute Gasteiger partial charge is 0.465 e. The Morgan fingerprint density at radius 2 is 1.74 bits per heavy atom. The van der Waals surface area contributed by atoms with E-state index in [4.69, 9.17) is 0 Å². The third-order valence-corrected chi connectivity index (χ3v) is 4.12. The second kappa shape index (κ2) is 7.77. The van der Waals surface area contributed by atoms with Gasteiger partial charge in [0.05, 0.1) is 19.2 Å². The molecule has 1 fully saturated rings. The molecule has 3 rings (SSSR count). The third kappa shape index (κ3) is 4.17. The molecule has 8 nitrogen and oxygen atoms in total. The molecule has 1 saturated heterocycles. The van der Waals surface area contributed by atoms with Crippen LogP contribution in [-0.4, -0.2) is 40.7 Å². The van der Waals surface area contributed by atoms with Crippen LogP contribution in [0.15, 0.2) is 42.6 Å². The number of imide groups is 1. The van der Waals surface area contributed by atoms with Crippen molar-refractivity contribution < 1.29 is 23.9 Å². The fourth-order valence-electron chi connectivity index (χ4n) is 2.64. The molecule has 2 aromatic rings. The van der Waals surface area contributed by atoms with Gasteiger partial charge in [-0.1, -0.05) is 12.1 Å². The zero-order chi connectivity index (χ0) is 19.4. The van der Waals surface area contributed by atoms with Crippen molar-refractivity contribution in [3.05, 3.63) is 59.4 Å². The van der Waals surface area contributed by atoms with Gasteiger partial charge in [-0.05, 0) is 29.8 Å². The summed E-state index contributed by atoms with van der Waals surface area (Å²) >= 11 is 0. The molecule has 1 N–H and O–H groups in total. The van der Waals surface area contributed by atoms with Crippen LogP contribution in [0.2, 0.25) is 0 Å². The van der Waals surface area contributed by atoms with Gasteiger partial charge in [0.2, 0.25) is 11.8 Å². The quantitative estimate of drug-likeness (QED) is 0.638. The molecule has 2 heterocycles. The number of nitrogens with one attached hydrogen (secondary N) is 1. The highest BCUT2D eigenvalue weighted by Gasteiger charge is 2.28. The van der Waals surface area contributed by atoms with E-state index < -0.39 is 11.9 Å². The number of hydrogen-bond acceptors (Lipinski definition) is 6. The molecule has 1 aromatic carbocycles.